The lowest BCUT2D eigenvalue weighted by Gasteiger charge is -2.19. The second kappa shape index (κ2) is 4.59. The molecule has 0 aliphatic carbocycles. The molecule has 6 heteroatoms. The molecule has 0 amide bonds. The van der Waals surface area contributed by atoms with Crippen LogP contribution in [0.2, 0.25) is 0 Å². The SMILES string of the molecule is Cc1noc(C)c1-c1nc(C(C)(C)C)c(Br)c(=O)[nH]1. The maximum absolute atomic E-state index is 12.0. The van der Waals surface area contributed by atoms with Crippen molar-refractivity contribution in [1.29, 1.82) is 0 Å². The number of H-pyrrole nitrogens is 1. The minimum Gasteiger partial charge on any atom is -0.361 e. The van der Waals surface area contributed by atoms with Gasteiger partial charge in [0.05, 0.1) is 17.0 Å². The van der Waals surface area contributed by atoms with Gasteiger partial charge in [-0.15, -0.1) is 0 Å². The molecule has 19 heavy (non-hydrogen) atoms. The molecule has 2 heterocycles. The lowest BCUT2D eigenvalue weighted by molar-refractivity contribution is 0.393. The Labute approximate surface area is 119 Å². The number of hydrogen-bond donors (Lipinski definition) is 1. The van der Waals surface area contributed by atoms with Crippen molar-refractivity contribution in [2.75, 3.05) is 0 Å². The highest BCUT2D eigenvalue weighted by Gasteiger charge is 2.24. The second-order valence-corrected chi connectivity index (χ2v) is 6.32. The summed E-state index contributed by atoms with van der Waals surface area (Å²) in [5.41, 5.74) is 1.74. The molecule has 0 fully saturated rings. The van der Waals surface area contributed by atoms with Crippen LogP contribution in [0.5, 0.6) is 0 Å². The Morgan fingerprint density at radius 2 is 1.89 bits per heavy atom. The van der Waals surface area contributed by atoms with E-state index >= 15 is 0 Å². The molecule has 2 aromatic rings. The molecule has 1 N–H and O–H groups in total. The maximum Gasteiger partial charge on any atom is 0.265 e. The molecule has 0 saturated carbocycles. The number of nitrogens with one attached hydrogen (secondary N) is 1. The van der Waals surface area contributed by atoms with Crippen molar-refractivity contribution in [1.82, 2.24) is 15.1 Å². The van der Waals surface area contributed by atoms with Gasteiger partial charge in [-0.25, -0.2) is 4.98 Å². The molecule has 0 aliphatic rings. The van der Waals surface area contributed by atoms with Crippen LogP contribution < -0.4 is 5.56 Å². The highest BCUT2D eigenvalue weighted by atomic mass is 79.9. The summed E-state index contributed by atoms with van der Waals surface area (Å²) >= 11 is 3.31. The fourth-order valence-electron chi connectivity index (χ4n) is 1.90. The smallest absolute Gasteiger partial charge is 0.265 e. The van der Waals surface area contributed by atoms with Gasteiger partial charge in [0.15, 0.2) is 0 Å². The number of hydrogen-bond acceptors (Lipinski definition) is 4. The second-order valence-electron chi connectivity index (χ2n) is 5.53. The molecular weight excluding hydrogens is 310 g/mol. The van der Waals surface area contributed by atoms with E-state index in [4.69, 9.17) is 4.52 Å². The first-order valence-electron chi connectivity index (χ1n) is 5.95. The number of rotatable bonds is 1. The average Bonchev–Trinajstić information content (AvgIpc) is 2.61. The largest absolute Gasteiger partial charge is 0.361 e. The lowest BCUT2D eigenvalue weighted by atomic mass is 9.92. The summed E-state index contributed by atoms with van der Waals surface area (Å²) in [5.74, 6) is 1.14. The van der Waals surface area contributed by atoms with Crippen molar-refractivity contribution in [2.24, 2.45) is 0 Å². The van der Waals surface area contributed by atoms with E-state index in [1.165, 1.54) is 0 Å². The van der Waals surface area contributed by atoms with Crippen LogP contribution in [0.4, 0.5) is 0 Å². The molecule has 0 unspecified atom stereocenters. The Balaban J connectivity index is 2.75. The topological polar surface area (TPSA) is 71.8 Å². The fourth-order valence-corrected chi connectivity index (χ4v) is 2.68. The third-order valence-electron chi connectivity index (χ3n) is 2.84. The number of nitrogens with zero attached hydrogens (tertiary/aromatic N) is 2. The Kier molecular flexibility index (Phi) is 3.38. The zero-order chi connectivity index (χ0) is 14.4. The Morgan fingerprint density at radius 1 is 1.26 bits per heavy atom. The van der Waals surface area contributed by atoms with E-state index in [0.717, 1.165) is 5.56 Å². The molecule has 102 valence electrons. The minimum absolute atomic E-state index is 0.199. The van der Waals surface area contributed by atoms with Crippen LogP contribution in [0, 0.1) is 13.8 Å². The average molecular weight is 326 g/mol. The lowest BCUT2D eigenvalue weighted by Crippen LogP contribution is -2.22. The summed E-state index contributed by atoms with van der Waals surface area (Å²) in [5, 5.41) is 3.89. The molecule has 0 bridgehead atoms. The quantitative estimate of drug-likeness (QED) is 0.874. The van der Waals surface area contributed by atoms with E-state index in [9.17, 15) is 4.79 Å². The van der Waals surface area contributed by atoms with E-state index in [2.05, 4.69) is 31.1 Å². The van der Waals surface area contributed by atoms with E-state index in [1.807, 2.05) is 27.7 Å². The van der Waals surface area contributed by atoms with Crippen LogP contribution in [0.3, 0.4) is 0 Å². The molecule has 0 aliphatic heterocycles. The number of halogens is 1. The Bertz CT molecular complexity index is 661. The first kappa shape index (κ1) is 14.0. The molecule has 0 spiro atoms. The molecule has 0 aromatic carbocycles. The maximum atomic E-state index is 12.0. The molecular formula is C13H16BrN3O2. The Hall–Kier alpha value is -1.43. The van der Waals surface area contributed by atoms with E-state index in [1.54, 1.807) is 6.92 Å². The van der Waals surface area contributed by atoms with Gasteiger partial charge in [0.1, 0.15) is 16.1 Å². The van der Waals surface area contributed by atoms with Crippen molar-refractivity contribution >= 4 is 15.9 Å². The van der Waals surface area contributed by atoms with Crippen LogP contribution in [0.15, 0.2) is 13.8 Å². The predicted octanol–water partition coefficient (Wildman–Crippen LogP) is 3.10. The zero-order valence-electron chi connectivity index (χ0n) is 11.6. The van der Waals surface area contributed by atoms with Crippen molar-refractivity contribution in [3.8, 4) is 11.4 Å². The van der Waals surface area contributed by atoms with Gasteiger partial charge in [0, 0.05) is 5.41 Å². The molecule has 0 radical (unpaired) electrons. The van der Waals surface area contributed by atoms with Crippen molar-refractivity contribution < 1.29 is 4.52 Å². The van der Waals surface area contributed by atoms with Gasteiger partial charge in [-0.1, -0.05) is 25.9 Å². The summed E-state index contributed by atoms with van der Waals surface area (Å²) in [6, 6.07) is 0. The number of aromatic amines is 1. The number of aryl methyl sites for hydroxylation is 2. The van der Waals surface area contributed by atoms with Crippen LogP contribution >= 0.6 is 15.9 Å². The molecule has 2 rings (SSSR count). The van der Waals surface area contributed by atoms with Crippen LogP contribution in [-0.2, 0) is 5.41 Å². The summed E-state index contributed by atoms with van der Waals surface area (Å²) in [6.07, 6.45) is 0. The first-order valence-corrected chi connectivity index (χ1v) is 6.74. The van der Waals surface area contributed by atoms with Gasteiger partial charge in [0.25, 0.3) is 5.56 Å². The predicted molar refractivity (Wildman–Crippen MR) is 76.2 cm³/mol. The Morgan fingerprint density at radius 3 is 2.37 bits per heavy atom. The monoisotopic (exact) mass is 325 g/mol. The minimum atomic E-state index is -0.235. The summed E-state index contributed by atoms with van der Waals surface area (Å²) < 4.78 is 5.59. The van der Waals surface area contributed by atoms with E-state index < -0.39 is 0 Å². The van der Waals surface area contributed by atoms with Gasteiger partial charge in [-0.2, -0.15) is 0 Å². The van der Waals surface area contributed by atoms with Gasteiger partial charge < -0.3 is 9.51 Å². The van der Waals surface area contributed by atoms with Gasteiger partial charge in [-0.3, -0.25) is 4.79 Å². The molecule has 0 atom stereocenters. The standard InChI is InChI=1S/C13H16BrN3O2/c1-6-8(7(2)19-17-6)11-15-10(13(3,4)5)9(14)12(18)16-11/h1-5H3,(H,15,16,18). The van der Waals surface area contributed by atoms with Gasteiger partial charge in [-0.05, 0) is 29.8 Å². The van der Waals surface area contributed by atoms with Crippen LogP contribution in [-0.4, -0.2) is 15.1 Å². The zero-order valence-corrected chi connectivity index (χ0v) is 13.2. The fraction of sp³-hybridized carbons (Fsp3) is 0.462. The molecule has 2 aromatic heterocycles. The van der Waals surface area contributed by atoms with Crippen molar-refractivity contribution in [3.05, 3.63) is 32.0 Å². The molecule has 0 saturated heterocycles. The highest BCUT2D eigenvalue weighted by molar-refractivity contribution is 9.10. The van der Waals surface area contributed by atoms with Crippen molar-refractivity contribution in [3.63, 3.8) is 0 Å². The number of aromatic nitrogens is 3. The summed E-state index contributed by atoms with van der Waals surface area (Å²) in [7, 11) is 0. The molecule has 5 nitrogen and oxygen atoms in total. The highest BCUT2D eigenvalue weighted by Crippen LogP contribution is 2.29. The summed E-state index contributed by atoms with van der Waals surface area (Å²) in [4.78, 5) is 19.4. The van der Waals surface area contributed by atoms with Gasteiger partial charge in [0.2, 0.25) is 0 Å². The van der Waals surface area contributed by atoms with Crippen LogP contribution in [0.1, 0.15) is 37.9 Å². The van der Waals surface area contributed by atoms with Crippen LogP contribution in [0.25, 0.3) is 11.4 Å². The summed E-state index contributed by atoms with van der Waals surface area (Å²) in [6.45, 7) is 9.66. The van der Waals surface area contributed by atoms with E-state index in [-0.39, 0.29) is 11.0 Å². The first-order chi connectivity index (χ1) is 8.71. The van der Waals surface area contributed by atoms with Gasteiger partial charge >= 0.3 is 0 Å². The third kappa shape index (κ3) is 2.49. The van der Waals surface area contributed by atoms with Crippen molar-refractivity contribution in [2.45, 2.75) is 40.0 Å². The third-order valence-corrected chi connectivity index (χ3v) is 3.58. The normalized spacial score (nSPS) is 11.9. The van der Waals surface area contributed by atoms with E-state index in [0.29, 0.717) is 27.4 Å².